The molecule has 28 heavy (non-hydrogen) atoms. The van der Waals surface area contributed by atoms with Crippen LogP contribution in [0.1, 0.15) is 30.0 Å². The molecule has 0 radical (unpaired) electrons. The molecule has 2 aromatic carbocycles. The Morgan fingerprint density at radius 1 is 1.04 bits per heavy atom. The van der Waals surface area contributed by atoms with Crippen molar-refractivity contribution in [3.8, 4) is 0 Å². The second-order valence-corrected chi connectivity index (χ2v) is 6.22. The lowest BCUT2D eigenvalue weighted by molar-refractivity contribution is -0.121. The Hall–Kier alpha value is -2.16. The summed E-state index contributed by atoms with van der Waals surface area (Å²) in [5.41, 5.74) is 2.62. The van der Waals surface area contributed by atoms with Crippen LogP contribution < -0.4 is 16.0 Å². The molecule has 5 nitrogen and oxygen atoms in total. The molecule has 0 spiro atoms. The van der Waals surface area contributed by atoms with Crippen molar-refractivity contribution in [3.05, 3.63) is 71.0 Å². The number of carbonyl (C=O) groups is 1. The molecule has 2 rings (SSSR count). The number of nitrogens with zero attached hydrogens (tertiary/aromatic N) is 1. The maximum absolute atomic E-state index is 13.3. The number of halogens is 2. The van der Waals surface area contributed by atoms with E-state index in [1.54, 1.807) is 19.1 Å². The van der Waals surface area contributed by atoms with Crippen LogP contribution in [0.4, 0.5) is 4.39 Å². The number of nitrogens with one attached hydrogen (secondary N) is 3. The zero-order valence-corrected chi connectivity index (χ0v) is 18.6. The summed E-state index contributed by atoms with van der Waals surface area (Å²) in [6, 6.07) is 14.8. The van der Waals surface area contributed by atoms with Crippen molar-refractivity contribution in [2.75, 3.05) is 13.1 Å². The minimum atomic E-state index is -0.214. The zero-order valence-electron chi connectivity index (χ0n) is 16.3. The highest BCUT2D eigenvalue weighted by Crippen LogP contribution is 2.10. The lowest BCUT2D eigenvalue weighted by atomic mass is 10.1. The number of hydrogen-bond donors (Lipinski definition) is 3. The van der Waals surface area contributed by atoms with Crippen molar-refractivity contribution in [1.82, 2.24) is 16.0 Å². The molecule has 3 N–H and O–H groups in total. The molecule has 0 atom stereocenters. The van der Waals surface area contributed by atoms with Crippen LogP contribution in [0, 0.1) is 12.7 Å². The third-order valence-corrected chi connectivity index (χ3v) is 3.96. The van der Waals surface area contributed by atoms with Crippen LogP contribution in [0.5, 0.6) is 0 Å². The first-order valence-corrected chi connectivity index (χ1v) is 9.16. The maximum Gasteiger partial charge on any atom is 0.222 e. The standard InChI is InChI=1S/C21H27FN4O.HI/c1-3-23-21(26-15-18-9-10-19(22)16(2)13-18)24-12-11-20(27)25-14-17-7-5-4-6-8-17;/h4-10,13H,3,11-12,14-15H2,1-2H3,(H,25,27)(H2,23,24,26);1H. The molecular formula is C21H28FIN4O. The van der Waals surface area contributed by atoms with Crippen molar-refractivity contribution < 1.29 is 9.18 Å². The van der Waals surface area contributed by atoms with Crippen molar-refractivity contribution >= 4 is 35.8 Å². The van der Waals surface area contributed by atoms with E-state index in [0.717, 1.165) is 11.1 Å². The van der Waals surface area contributed by atoms with E-state index < -0.39 is 0 Å². The molecule has 2 aromatic rings. The number of guanidine groups is 1. The predicted molar refractivity (Wildman–Crippen MR) is 122 cm³/mol. The summed E-state index contributed by atoms with van der Waals surface area (Å²) in [6.07, 6.45) is 0.354. The highest BCUT2D eigenvalue weighted by molar-refractivity contribution is 14.0. The van der Waals surface area contributed by atoms with E-state index in [0.29, 0.717) is 44.1 Å². The Balaban J connectivity index is 0.00000392. The average molecular weight is 498 g/mol. The topological polar surface area (TPSA) is 65.5 Å². The largest absolute Gasteiger partial charge is 0.357 e. The van der Waals surface area contributed by atoms with Gasteiger partial charge in [-0.25, -0.2) is 9.38 Å². The third-order valence-electron chi connectivity index (χ3n) is 3.96. The summed E-state index contributed by atoms with van der Waals surface area (Å²) in [6.45, 7) is 5.88. The summed E-state index contributed by atoms with van der Waals surface area (Å²) in [5.74, 6) is 0.404. The van der Waals surface area contributed by atoms with Gasteiger partial charge in [0.2, 0.25) is 5.91 Å². The molecule has 0 heterocycles. The minimum Gasteiger partial charge on any atom is -0.357 e. The van der Waals surface area contributed by atoms with Gasteiger partial charge in [0.05, 0.1) is 6.54 Å². The molecule has 0 aliphatic heterocycles. The molecule has 0 aliphatic rings. The first kappa shape index (κ1) is 23.9. The first-order chi connectivity index (χ1) is 13.1. The second kappa shape index (κ2) is 13.1. The summed E-state index contributed by atoms with van der Waals surface area (Å²) in [7, 11) is 0. The number of aliphatic imine (C=N–C) groups is 1. The Morgan fingerprint density at radius 3 is 2.46 bits per heavy atom. The van der Waals surface area contributed by atoms with Crippen LogP contribution in [0.15, 0.2) is 53.5 Å². The molecule has 152 valence electrons. The van der Waals surface area contributed by atoms with E-state index in [2.05, 4.69) is 20.9 Å². The van der Waals surface area contributed by atoms with E-state index in [1.807, 2.05) is 37.3 Å². The summed E-state index contributed by atoms with van der Waals surface area (Å²) in [4.78, 5) is 16.4. The van der Waals surface area contributed by atoms with E-state index in [-0.39, 0.29) is 35.7 Å². The monoisotopic (exact) mass is 498 g/mol. The van der Waals surface area contributed by atoms with E-state index in [1.165, 1.54) is 6.07 Å². The van der Waals surface area contributed by atoms with E-state index in [4.69, 9.17) is 0 Å². The van der Waals surface area contributed by atoms with Crippen LogP contribution in [0.3, 0.4) is 0 Å². The van der Waals surface area contributed by atoms with Crippen LogP contribution >= 0.6 is 24.0 Å². The van der Waals surface area contributed by atoms with Gasteiger partial charge in [-0.3, -0.25) is 4.79 Å². The first-order valence-electron chi connectivity index (χ1n) is 9.16. The van der Waals surface area contributed by atoms with Crippen LogP contribution in [-0.2, 0) is 17.9 Å². The molecule has 0 bridgehead atoms. The average Bonchev–Trinajstić information content (AvgIpc) is 2.68. The summed E-state index contributed by atoms with van der Waals surface area (Å²) >= 11 is 0. The zero-order chi connectivity index (χ0) is 19.5. The molecule has 0 aromatic heterocycles. The summed E-state index contributed by atoms with van der Waals surface area (Å²) in [5, 5.41) is 9.19. The molecule has 1 amide bonds. The van der Waals surface area contributed by atoms with Gasteiger partial charge < -0.3 is 16.0 Å². The Bertz CT molecular complexity index is 768. The molecule has 0 unspecified atom stereocenters. The number of carbonyl (C=O) groups excluding carboxylic acids is 1. The molecule has 0 aliphatic carbocycles. The number of rotatable bonds is 8. The van der Waals surface area contributed by atoms with Gasteiger partial charge in [0, 0.05) is 26.1 Å². The van der Waals surface area contributed by atoms with Gasteiger partial charge in [-0.2, -0.15) is 0 Å². The SMILES string of the molecule is CCNC(=NCc1ccc(F)c(C)c1)NCCC(=O)NCc1ccccc1.I. The smallest absolute Gasteiger partial charge is 0.222 e. The number of amides is 1. The lowest BCUT2D eigenvalue weighted by Crippen LogP contribution is -2.39. The van der Waals surface area contributed by atoms with Crippen LogP contribution in [-0.4, -0.2) is 25.0 Å². The van der Waals surface area contributed by atoms with Gasteiger partial charge in [0.1, 0.15) is 5.82 Å². The Morgan fingerprint density at radius 2 is 1.79 bits per heavy atom. The fraction of sp³-hybridized carbons (Fsp3) is 0.333. The van der Waals surface area contributed by atoms with E-state index in [9.17, 15) is 9.18 Å². The number of hydrogen-bond acceptors (Lipinski definition) is 2. The van der Waals surface area contributed by atoms with Crippen LogP contribution in [0.2, 0.25) is 0 Å². The number of benzene rings is 2. The van der Waals surface area contributed by atoms with Gasteiger partial charge >= 0.3 is 0 Å². The Kier molecular flexibility index (Phi) is 11.2. The molecule has 0 saturated heterocycles. The molecule has 0 fully saturated rings. The van der Waals surface area contributed by atoms with Gasteiger partial charge in [0.25, 0.3) is 0 Å². The summed E-state index contributed by atoms with van der Waals surface area (Å²) < 4.78 is 13.3. The fourth-order valence-corrected chi connectivity index (χ4v) is 2.50. The molecule has 7 heteroatoms. The van der Waals surface area contributed by atoms with Gasteiger partial charge in [-0.15, -0.1) is 24.0 Å². The highest BCUT2D eigenvalue weighted by Gasteiger charge is 2.04. The molecule has 0 saturated carbocycles. The van der Waals surface area contributed by atoms with Crippen LogP contribution in [0.25, 0.3) is 0 Å². The third kappa shape index (κ3) is 8.69. The second-order valence-electron chi connectivity index (χ2n) is 6.22. The van der Waals surface area contributed by atoms with Gasteiger partial charge in [0.15, 0.2) is 5.96 Å². The van der Waals surface area contributed by atoms with Gasteiger partial charge in [-0.1, -0.05) is 42.5 Å². The maximum atomic E-state index is 13.3. The van der Waals surface area contributed by atoms with Gasteiger partial charge in [-0.05, 0) is 36.6 Å². The van der Waals surface area contributed by atoms with Crippen molar-refractivity contribution in [2.45, 2.75) is 33.4 Å². The number of aryl methyl sites for hydroxylation is 1. The van der Waals surface area contributed by atoms with E-state index >= 15 is 0 Å². The Labute approximate surface area is 183 Å². The van der Waals surface area contributed by atoms with Crippen molar-refractivity contribution in [1.29, 1.82) is 0 Å². The minimum absolute atomic E-state index is 0. The lowest BCUT2D eigenvalue weighted by Gasteiger charge is -2.11. The predicted octanol–water partition coefficient (Wildman–Crippen LogP) is 3.51. The normalized spacial score (nSPS) is 10.8. The van der Waals surface area contributed by atoms with Crippen molar-refractivity contribution in [3.63, 3.8) is 0 Å². The fourth-order valence-electron chi connectivity index (χ4n) is 2.50. The highest BCUT2D eigenvalue weighted by atomic mass is 127. The van der Waals surface area contributed by atoms with Crippen molar-refractivity contribution in [2.24, 2.45) is 4.99 Å². The molecular weight excluding hydrogens is 470 g/mol. The quantitative estimate of drug-likeness (QED) is 0.297.